The van der Waals surface area contributed by atoms with E-state index < -0.39 is 0 Å². The fourth-order valence-corrected chi connectivity index (χ4v) is 0.432. The lowest BCUT2D eigenvalue weighted by molar-refractivity contribution is 0.952. The van der Waals surface area contributed by atoms with Gasteiger partial charge in [-0.05, 0) is 6.92 Å². The van der Waals surface area contributed by atoms with Crippen LogP contribution in [0.1, 0.15) is 6.92 Å². The second-order valence-corrected chi connectivity index (χ2v) is 1.40. The highest BCUT2D eigenvalue weighted by Gasteiger charge is 1.85. The van der Waals surface area contributed by atoms with Crippen molar-refractivity contribution in [2.24, 2.45) is 10.7 Å². The lowest BCUT2D eigenvalue weighted by atomic mass is 10.6. The van der Waals surface area contributed by atoms with Crippen molar-refractivity contribution in [1.82, 2.24) is 5.32 Å². The number of rotatable bonds is 3. The molecule has 0 saturated carbocycles. The summed E-state index contributed by atoms with van der Waals surface area (Å²) in [6.45, 7) is 2.95. The highest BCUT2D eigenvalue weighted by Crippen LogP contribution is 1.65. The molecule has 0 aromatic carbocycles. The number of nitrogens with two attached hydrogens (primary N) is 1. The van der Waals surface area contributed by atoms with E-state index in [0.717, 1.165) is 12.8 Å². The van der Waals surface area contributed by atoms with Crippen molar-refractivity contribution in [2.75, 3.05) is 13.2 Å². The molecule has 52 valence electrons. The first-order valence-electron chi connectivity index (χ1n) is 2.84. The van der Waals surface area contributed by atoms with Crippen molar-refractivity contribution in [3.05, 3.63) is 0 Å². The predicted molar refractivity (Wildman–Crippen MR) is 38.9 cm³/mol. The van der Waals surface area contributed by atoms with Gasteiger partial charge in [0, 0.05) is 6.54 Å². The zero-order valence-corrected chi connectivity index (χ0v) is 5.52. The van der Waals surface area contributed by atoms with Gasteiger partial charge in [0.05, 0.1) is 12.9 Å². The normalized spacial score (nSPS) is 11.1. The van der Waals surface area contributed by atoms with Crippen molar-refractivity contribution < 1.29 is 0 Å². The molecule has 9 heavy (non-hydrogen) atoms. The Balaban J connectivity index is 3.66. The van der Waals surface area contributed by atoms with E-state index in [1.807, 2.05) is 6.92 Å². The molecule has 0 aliphatic heterocycles. The van der Waals surface area contributed by atoms with Crippen LogP contribution in [0.15, 0.2) is 4.99 Å². The van der Waals surface area contributed by atoms with Crippen molar-refractivity contribution >= 4 is 12.1 Å². The lowest BCUT2D eigenvalue weighted by Gasteiger charge is -1.98. The monoisotopic (exact) mass is 128 g/mol. The molecule has 0 heterocycles. The number of hydrogen-bond acceptors (Lipinski definition) is 3. The second kappa shape index (κ2) is 5.24. The van der Waals surface area contributed by atoms with Crippen LogP contribution >= 0.6 is 0 Å². The molecule has 0 bridgehead atoms. The van der Waals surface area contributed by atoms with Gasteiger partial charge in [0.1, 0.15) is 5.84 Å². The molecule has 4 heteroatoms. The molecular formula is C5H12N4. The molecule has 0 aromatic heterocycles. The lowest BCUT2D eigenvalue weighted by Crippen LogP contribution is -2.24. The number of nitrogens with zero attached hydrogens (tertiary/aromatic N) is 1. The van der Waals surface area contributed by atoms with Crippen LogP contribution in [0.5, 0.6) is 0 Å². The molecular weight excluding hydrogens is 116 g/mol. The standard InChI is InChI=1S/C5H12N4/c1-2-8-5(3-6)9-4-7/h3,6H,2,4,7H2,1H3,(H,8,9). The molecule has 0 amide bonds. The van der Waals surface area contributed by atoms with Crippen molar-refractivity contribution in [3.8, 4) is 0 Å². The first-order valence-corrected chi connectivity index (χ1v) is 2.84. The van der Waals surface area contributed by atoms with Crippen LogP contribution in [0.25, 0.3) is 0 Å². The van der Waals surface area contributed by atoms with Crippen molar-refractivity contribution in [2.45, 2.75) is 6.92 Å². The Morgan fingerprint density at radius 2 is 2.56 bits per heavy atom. The van der Waals surface area contributed by atoms with Gasteiger partial charge in [-0.15, -0.1) is 0 Å². The topological polar surface area (TPSA) is 74.3 Å². The average molecular weight is 128 g/mol. The summed E-state index contributed by atoms with van der Waals surface area (Å²) in [5.41, 5.74) is 5.10. The van der Waals surface area contributed by atoms with Crippen LogP contribution in [0, 0.1) is 5.41 Å². The minimum Gasteiger partial charge on any atom is -0.369 e. The Labute approximate surface area is 54.7 Å². The van der Waals surface area contributed by atoms with Crippen molar-refractivity contribution in [3.63, 3.8) is 0 Å². The molecule has 0 radical (unpaired) electrons. The third-order valence-corrected chi connectivity index (χ3v) is 0.756. The summed E-state index contributed by atoms with van der Waals surface area (Å²) in [6.07, 6.45) is 1.15. The minimum atomic E-state index is 0.234. The summed E-state index contributed by atoms with van der Waals surface area (Å²) in [7, 11) is 0. The van der Waals surface area contributed by atoms with Gasteiger partial charge in [-0.25, -0.2) is 0 Å². The third kappa shape index (κ3) is 3.66. The second-order valence-electron chi connectivity index (χ2n) is 1.40. The summed E-state index contributed by atoms with van der Waals surface area (Å²) in [5, 5.41) is 9.65. The zero-order valence-electron chi connectivity index (χ0n) is 5.52. The van der Waals surface area contributed by atoms with Crippen LogP contribution in [-0.4, -0.2) is 25.3 Å². The molecule has 0 unspecified atom stereocenters. The summed E-state index contributed by atoms with van der Waals surface area (Å²) >= 11 is 0. The van der Waals surface area contributed by atoms with E-state index in [1.54, 1.807) is 0 Å². The summed E-state index contributed by atoms with van der Waals surface area (Å²) in [5.74, 6) is 0.542. The fourth-order valence-electron chi connectivity index (χ4n) is 0.432. The maximum absolute atomic E-state index is 6.79. The van der Waals surface area contributed by atoms with Gasteiger partial charge in [0.2, 0.25) is 0 Å². The maximum atomic E-state index is 6.79. The average Bonchev–Trinajstić information content (AvgIpc) is 1.88. The van der Waals surface area contributed by atoms with E-state index in [1.165, 1.54) is 0 Å². The SMILES string of the molecule is CCNC(C=N)=NCN. The molecule has 0 aromatic rings. The summed E-state index contributed by atoms with van der Waals surface area (Å²) in [4.78, 5) is 3.77. The third-order valence-electron chi connectivity index (χ3n) is 0.756. The number of hydrogen-bond donors (Lipinski definition) is 3. The molecule has 4 nitrogen and oxygen atoms in total. The minimum absolute atomic E-state index is 0.234. The summed E-state index contributed by atoms with van der Waals surface area (Å²) in [6, 6.07) is 0. The molecule has 0 rings (SSSR count). The Kier molecular flexibility index (Phi) is 4.72. The van der Waals surface area contributed by atoms with Crippen LogP contribution in [0.2, 0.25) is 0 Å². The zero-order chi connectivity index (χ0) is 7.11. The highest BCUT2D eigenvalue weighted by atomic mass is 15.0. The Morgan fingerprint density at radius 1 is 1.89 bits per heavy atom. The highest BCUT2D eigenvalue weighted by molar-refractivity contribution is 6.28. The smallest absolute Gasteiger partial charge is 0.140 e. The van der Waals surface area contributed by atoms with Gasteiger partial charge >= 0.3 is 0 Å². The van der Waals surface area contributed by atoms with Crippen LogP contribution in [0.4, 0.5) is 0 Å². The van der Waals surface area contributed by atoms with Gasteiger partial charge in [0.15, 0.2) is 0 Å². The van der Waals surface area contributed by atoms with Crippen molar-refractivity contribution in [1.29, 1.82) is 5.41 Å². The summed E-state index contributed by atoms with van der Waals surface area (Å²) < 4.78 is 0. The van der Waals surface area contributed by atoms with E-state index >= 15 is 0 Å². The van der Waals surface area contributed by atoms with E-state index in [0.29, 0.717) is 5.84 Å². The molecule has 0 saturated heterocycles. The van der Waals surface area contributed by atoms with Gasteiger partial charge in [0.25, 0.3) is 0 Å². The fraction of sp³-hybridized carbons (Fsp3) is 0.600. The maximum Gasteiger partial charge on any atom is 0.140 e. The van der Waals surface area contributed by atoms with Gasteiger partial charge in [-0.1, -0.05) is 0 Å². The number of nitrogens with one attached hydrogen (secondary N) is 2. The van der Waals surface area contributed by atoms with Gasteiger partial charge < -0.3 is 16.5 Å². The van der Waals surface area contributed by atoms with Gasteiger partial charge in [-0.3, -0.25) is 4.99 Å². The Morgan fingerprint density at radius 3 is 2.89 bits per heavy atom. The van der Waals surface area contributed by atoms with Gasteiger partial charge in [-0.2, -0.15) is 0 Å². The Hall–Kier alpha value is -0.900. The molecule has 0 aliphatic rings. The van der Waals surface area contributed by atoms with E-state index in [9.17, 15) is 0 Å². The van der Waals surface area contributed by atoms with E-state index in [4.69, 9.17) is 11.1 Å². The first-order chi connectivity index (χ1) is 4.35. The van der Waals surface area contributed by atoms with Crippen LogP contribution < -0.4 is 11.1 Å². The first kappa shape index (κ1) is 8.10. The largest absolute Gasteiger partial charge is 0.369 e. The van der Waals surface area contributed by atoms with E-state index in [-0.39, 0.29) is 6.67 Å². The van der Waals surface area contributed by atoms with Crippen LogP contribution in [-0.2, 0) is 0 Å². The molecule has 0 atom stereocenters. The van der Waals surface area contributed by atoms with E-state index in [2.05, 4.69) is 10.3 Å². The predicted octanol–water partition coefficient (Wildman–Crippen LogP) is -0.440. The molecule has 0 spiro atoms. The number of aliphatic imine (C=N–C) groups is 1. The molecule has 4 N–H and O–H groups in total. The quantitative estimate of drug-likeness (QED) is 0.356. The molecule has 0 fully saturated rings. The molecule has 0 aliphatic carbocycles. The Bertz CT molecular complexity index is 108. The van der Waals surface area contributed by atoms with Crippen LogP contribution in [0.3, 0.4) is 0 Å². The number of amidine groups is 1.